The number of hydrogen-bond acceptors (Lipinski definition) is 7. The van der Waals surface area contributed by atoms with Crippen LogP contribution in [-0.4, -0.2) is 61.0 Å². The van der Waals surface area contributed by atoms with Gasteiger partial charge in [-0.15, -0.1) is 11.3 Å². The quantitative estimate of drug-likeness (QED) is 0.735. The van der Waals surface area contributed by atoms with Crippen molar-refractivity contribution >= 4 is 38.4 Å². The fourth-order valence-electron chi connectivity index (χ4n) is 2.86. The zero-order valence-corrected chi connectivity index (χ0v) is 16.0. The number of nitrogens with zero attached hydrogens (tertiary/aromatic N) is 3. The molecule has 1 atom stereocenters. The van der Waals surface area contributed by atoms with E-state index in [0.29, 0.717) is 6.42 Å². The van der Waals surface area contributed by atoms with E-state index >= 15 is 0 Å². The average Bonchev–Trinajstić information content (AvgIpc) is 3.19. The van der Waals surface area contributed by atoms with Gasteiger partial charge < -0.3 is 0 Å². The van der Waals surface area contributed by atoms with Crippen LogP contribution in [-0.2, 0) is 21.1 Å². The molecule has 0 radical (unpaired) electrons. The number of aromatic nitrogens is 1. The van der Waals surface area contributed by atoms with Gasteiger partial charge in [-0.25, -0.2) is 18.4 Å². The molecule has 0 N–H and O–H groups in total. The van der Waals surface area contributed by atoms with Crippen molar-refractivity contribution in [3.8, 4) is 10.6 Å². The highest BCUT2D eigenvalue weighted by atomic mass is 32.2. The van der Waals surface area contributed by atoms with Crippen molar-refractivity contribution in [2.24, 2.45) is 0 Å². The summed E-state index contributed by atoms with van der Waals surface area (Å²) in [5.74, 6) is 0.0619. The lowest BCUT2D eigenvalue weighted by molar-refractivity contribution is -0.148. The molecule has 9 heteroatoms. The average molecular weight is 386 g/mol. The van der Waals surface area contributed by atoms with Gasteiger partial charge in [0.25, 0.3) is 0 Å². The van der Waals surface area contributed by atoms with Crippen LogP contribution in [0.3, 0.4) is 0 Å². The lowest BCUT2D eigenvalue weighted by atomic mass is 10.2. The molecule has 3 rings (SSSR count). The first kappa shape index (κ1) is 17.5. The summed E-state index contributed by atoms with van der Waals surface area (Å²) in [5, 5.41) is 10.1. The molecule has 2 aromatic heterocycles. The van der Waals surface area contributed by atoms with E-state index in [9.17, 15) is 13.2 Å². The van der Waals surface area contributed by atoms with E-state index < -0.39 is 9.84 Å². The maximum absolute atomic E-state index is 12.7. The van der Waals surface area contributed by atoms with Crippen LogP contribution in [0.1, 0.15) is 12.1 Å². The second kappa shape index (κ2) is 6.91. The molecule has 2 aromatic rings. The van der Waals surface area contributed by atoms with Gasteiger partial charge in [-0.2, -0.15) is 11.3 Å². The first-order valence-electron chi connectivity index (χ1n) is 7.52. The lowest BCUT2D eigenvalue weighted by Gasteiger charge is -2.33. The Labute approximate surface area is 149 Å². The van der Waals surface area contributed by atoms with Crippen molar-refractivity contribution in [3.63, 3.8) is 0 Å². The van der Waals surface area contributed by atoms with Crippen LogP contribution >= 0.6 is 22.7 Å². The standard InChI is InChI=1S/C15H19N3O3S3/c1-17(2)18(13-4-6-24(20,21)10-13)14(19)7-12-9-23-15(16-12)11-3-5-22-8-11/h3,5,8-9,13H,4,6-7,10H2,1-2H3/t13-/m1/s1. The van der Waals surface area contributed by atoms with E-state index in [4.69, 9.17) is 0 Å². The Kier molecular flexibility index (Phi) is 5.05. The summed E-state index contributed by atoms with van der Waals surface area (Å²) in [5.41, 5.74) is 1.79. The number of thiophene rings is 1. The highest BCUT2D eigenvalue weighted by molar-refractivity contribution is 7.91. The van der Waals surface area contributed by atoms with E-state index in [1.807, 2.05) is 22.2 Å². The van der Waals surface area contributed by atoms with E-state index in [0.717, 1.165) is 16.3 Å². The Morgan fingerprint density at radius 2 is 2.17 bits per heavy atom. The Balaban J connectivity index is 1.72. The summed E-state index contributed by atoms with van der Waals surface area (Å²) in [6.45, 7) is 0. The number of carbonyl (C=O) groups excluding carboxylic acids is 1. The van der Waals surface area contributed by atoms with Crippen molar-refractivity contribution in [1.82, 2.24) is 15.0 Å². The van der Waals surface area contributed by atoms with Crippen LogP contribution in [0, 0.1) is 0 Å². The first-order chi connectivity index (χ1) is 11.4. The van der Waals surface area contributed by atoms with Gasteiger partial charge in [0.1, 0.15) is 5.01 Å². The molecule has 1 aliphatic rings. The highest BCUT2D eigenvalue weighted by Crippen LogP contribution is 2.26. The van der Waals surface area contributed by atoms with Crippen molar-refractivity contribution in [3.05, 3.63) is 27.9 Å². The molecule has 3 heterocycles. The van der Waals surface area contributed by atoms with E-state index in [1.165, 1.54) is 11.3 Å². The number of amides is 1. The van der Waals surface area contributed by atoms with Crippen LogP contribution in [0.4, 0.5) is 0 Å². The van der Waals surface area contributed by atoms with Gasteiger partial charge in [-0.05, 0) is 17.9 Å². The smallest absolute Gasteiger partial charge is 0.243 e. The van der Waals surface area contributed by atoms with Gasteiger partial charge in [0.15, 0.2) is 9.84 Å². The summed E-state index contributed by atoms with van der Waals surface area (Å²) in [4.78, 5) is 17.2. The zero-order chi connectivity index (χ0) is 17.3. The van der Waals surface area contributed by atoms with Gasteiger partial charge in [0.05, 0.1) is 29.7 Å². The normalized spacial score (nSPS) is 19.7. The van der Waals surface area contributed by atoms with Crippen LogP contribution in [0.2, 0.25) is 0 Å². The van der Waals surface area contributed by atoms with Crippen molar-refractivity contribution in [2.45, 2.75) is 18.9 Å². The lowest BCUT2D eigenvalue weighted by Crippen LogP contribution is -2.50. The van der Waals surface area contributed by atoms with Gasteiger partial charge in [-0.1, -0.05) is 0 Å². The third-order valence-corrected chi connectivity index (χ3v) is 7.27. The third kappa shape index (κ3) is 3.85. The monoisotopic (exact) mass is 385 g/mol. The molecule has 0 aromatic carbocycles. The minimum absolute atomic E-state index is 0.0359. The Morgan fingerprint density at radius 3 is 2.75 bits per heavy atom. The van der Waals surface area contributed by atoms with Crippen LogP contribution in [0.25, 0.3) is 10.6 Å². The number of thiazole rings is 1. The van der Waals surface area contributed by atoms with Crippen molar-refractivity contribution in [2.75, 3.05) is 25.6 Å². The second-order valence-electron chi connectivity index (χ2n) is 5.98. The number of rotatable bonds is 5. The number of carbonyl (C=O) groups is 1. The SMILES string of the molecule is CN(C)N(C(=O)Cc1csc(-c2ccsc2)n1)[C@@H]1CCS(=O)(=O)C1. The molecule has 0 bridgehead atoms. The number of sulfone groups is 1. The van der Waals surface area contributed by atoms with Gasteiger partial charge in [0.2, 0.25) is 5.91 Å². The van der Waals surface area contributed by atoms with Crippen molar-refractivity contribution < 1.29 is 13.2 Å². The summed E-state index contributed by atoms with van der Waals surface area (Å²) in [6.07, 6.45) is 0.666. The van der Waals surface area contributed by atoms with Crippen molar-refractivity contribution in [1.29, 1.82) is 0 Å². The molecule has 1 amide bonds. The van der Waals surface area contributed by atoms with Gasteiger partial charge >= 0.3 is 0 Å². The fraction of sp³-hybridized carbons (Fsp3) is 0.467. The van der Waals surface area contributed by atoms with E-state index in [-0.39, 0.29) is 29.9 Å². The molecular weight excluding hydrogens is 366 g/mol. The Bertz CT molecular complexity index is 812. The molecular formula is C15H19N3O3S3. The van der Waals surface area contributed by atoms with Crippen LogP contribution in [0.15, 0.2) is 22.2 Å². The van der Waals surface area contributed by atoms with Gasteiger partial charge in [0, 0.05) is 30.4 Å². The molecule has 24 heavy (non-hydrogen) atoms. The molecule has 0 spiro atoms. The van der Waals surface area contributed by atoms with E-state index in [2.05, 4.69) is 4.98 Å². The third-order valence-electron chi connectivity index (χ3n) is 3.89. The zero-order valence-electron chi connectivity index (χ0n) is 13.5. The predicted molar refractivity (Wildman–Crippen MR) is 96.7 cm³/mol. The molecule has 0 unspecified atom stereocenters. The summed E-state index contributed by atoms with van der Waals surface area (Å²) in [7, 11) is 0.490. The first-order valence-corrected chi connectivity index (χ1v) is 11.2. The topological polar surface area (TPSA) is 70.6 Å². The predicted octanol–water partition coefficient (Wildman–Crippen LogP) is 1.91. The highest BCUT2D eigenvalue weighted by Gasteiger charge is 2.36. The molecule has 1 saturated heterocycles. The molecule has 130 valence electrons. The van der Waals surface area contributed by atoms with E-state index in [1.54, 1.807) is 35.4 Å². The molecule has 6 nitrogen and oxygen atoms in total. The number of hydrogen-bond donors (Lipinski definition) is 0. The molecule has 0 aliphatic carbocycles. The largest absolute Gasteiger partial charge is 0.273 e. The van der Waals surface area contributed by atoms with Crippen LogP contribution < -0.4 is 0 Å². The minimum Gasteiger partial charge on any atom is -0.273 e. The minimum atomic E-state index is -3.04. The Hall–Kier alpha value is -1.29. The molecule has 1 aliphatic heterocycles. The maximum atomic E-state index is 12.7. The molecule has 1 fully saturated rings. The van der Waals surface area contributed by atoms with Crippen LogP contribution in [0.5, 0.6) is 0 Å². The summed E-state index contributed by atoms with van der Waals surface area (Å²) < 4.78 is 23.4. The maximum Gasteiger partial charge on any atom is 0.243 e. The number of hydrazine groups is 1. The molecule has 0 saturated carbocycles. The fourth-order valence-corrected chi connectivity index (χ4v) is 6.09. The summed E-state index contributed by atoms with van der Waals surface area (Å²) in [6, 6.07) is 1.72. The Morgan fingerprint density at radius 1 is 1.38 bits per heavy atom. The second-order valence-corrected chi connectivity index (χ2v) is 9.84. The summed E-state index contributed by atoms with van der Waals surface area (Å²) >= 11 is 3.13. The van der Waals surface area contributed by atoms with Gasteiger partial charge in [-0.3, -0.25) is 9.80 Å².